The van der Waals surface area contributed by atoms with Gasteiger partial charge in [0.25, 0.3) is 0 Å². The highest BCUT2D eigenvalue weighted by Gasteiger charge is 2.30. The van der Waals surface area contributed by atoms with Gasteiger partial charge in [0.1, 0.15) is 0 Å². The van der Waals surface area contributed by atoms with Crippen LogP contribution in [-0.2, 0) is 11.0 Å². The minimum absolute atomic E-state index is 0.112. The van der Waals surface area contributed by atoms with Crippen LogP contribution in [0.15, 0.2) is 24.3 Å². The van der Waals surface area contributed by atoms with Crippen molar-refractivity contribution < 1.29 is 18.0 Å². The standard InChI is InChI=1S/C18H23F3N2O/c1-3-5-12-23(4-2)14-17(24)22-11-7-9-15-8-6-10-16(13-15)18(19,20)21/h6,8,10,13H,3-5,11-12,14H2,1-2H3,(H,22,24). The number of amides is 1. The first-order valence-corrected chi connectivity index (χ1v) is 8.02. The third kappa shape index (κ3) is 7.51. The number of hydrogen-bond donors (Lipinski definition) is 1. The summed E-state index contributed by atoms with van der Waals surface area (Å²) in [6.07, 6.45) is -2.27. The van der Waals surface area contributed by atoms with Gasteiger partial charge < -0.3 is 5.32 Å². The molecule has 6 heteroatoms. The second-order valence-corrected chi connectivity index (χ2v) is 5.38. The van der Waals surface area contributed by atoms with E-state index in [-0.39, 0.29) is 18.0 Å². The molecule has 0 heterocycles. The molecular weight excluding hydrogens is 317 g/mol. The molecule has 0 fully saturated rings. The van der Waals surface area contributed by atoms with Gasteiger partial charge >= 0.3 is 6.18 Å². The summed E-state index contributed by atoms with van der Waals surface area (Å²) in [5.74, 6) is 5.18. The number of likely N-dealkylation sites (N-methyl/N-ethyl adjacent to an activating group) is 1. The highest BCUT2D eigenvalue weighted by Crippen LogP contribution is 2.29. The van der Waals surface area contributed by atoms with Crippen molar-refractivity contribution in [2.24, 2.45) is 0 Å². The van der Waals surface area contributed by atoms with Gasteiger partial charge in [-0.1, -0.05) is 38.2 Å². The van der Waals surface area contributed by atoms with Crippen LogP contribution < -0.4 is 5.32 Å². The Kier molecular flexibility index (Phi) is 8.34. The molecule has 1 rings (SSSR count). The first-order valence-electron chi connectivity index (χ1n) is 8.02. The van der Waals surface area contributed by atoms with Gasteiger partial charge in [0.15, 0.2) is 0 Å². The second kappa shape index (κ2) is 9.99. The maximum Gasteiger partial charge on any atom is 0.416 e. The Bertz CT molecular complexity index is 588. The lowest BCUT2D eigenvalue weighted by Gasteiger charge is -2.18. The average Bonchev–Trinajstić information content (AvgIpc) is 2.55. The monoisotopic (exact) mass is 340 g/mol. The molecule has 0 unspecified atom stereocenters. The summed E-state index contributed by atoms with van der Waals surface area (Å²) in [5.41, 5.74) is -0.454. The van der Waals surface area contributed by atoms with Crippen molar-refractivity contribution in [3.8, 4) is 11.8 Å². The van der Waals surface area contributed by atoms with E-state index in [2.05, 4.69) is 24.1 Å². The van der Waals surface area contributed by atoms with Crippen molar-refractivity contribution in [2.45, 2.75) is 32.9 Å². The van der Waals surface area contributed by atoms with Crippen LogP contribution >= 0.6 is 0 Å². The Labute approximate surface area is 141 Å². The molecule has 0 spiro atoms. The third-order valence-corrected chi connectivity index (χ3v) is 3.44. The predicted molar refractivity (Wildman–Crippen MR) is 88.4 cm³/mol. The fourth-order valence-corrected chi connectivity index (χ4v) is 2.05. The molecule has 0 bridgehead atoms. The van der Waals surface area contributed by atoms with Crippen LogP contribution in [0.3, 0.4) is 0 Å². The van der Waals surface area contributed by atoms with E-state index >= 15 is 0 Å². The third-order valence-electron chi connectivity index (χ3n) is 3.44. The zero-order chi connectivity index (χ0) is 18.0. The Hall–Kier alpha value is -2.00. The summed E-state index contributed by atoms with van der Waals surface area (Å²) < 4.78 is 37.8. The Morgan fingerprint density at radius 1 is 1.29 bits per heavy atom. The molecule has 132 valence electrons. The van der Waals surface area contributed by atoms with Gasteiger partial charge in [-0.2, -0.15) is 13.2 Å². The number of unbranched alkanes of at least 4 members (excludes halogenated alkanes) is 1. The van der Waals surface area contributed by atoms with Crippen molar-refractivity contribution in [1.29, 1.82) is 0 Å². The molecule has 1 aromatic rings. The molecule has 3 nitrogen and oxygen atoms in total. The Balaban J connectivity index is 2.48. The number of carbonyl (C=O) groups excluding carboxylic acids is 1. The molecule has 0 atom stereocenters. The van der Waals surface area contributed by atoms with E-state index in [0.717, 1.165) is 38.1 Å². The van der Waals surface area contributed by atoms with Gasteiger partial charge in [-0.05, 0) is 37.7 Å². The van der Waals surface area contributed by atoms with E-state index in [0.29, 0.717) is 6.54 Å². The first-order chi connectivity index (χ1) is 11.4. The minimum Gasteiger partial charge on any atom is -0.344 e. The Morgan fingerprint density at radius 2 is 2.04 bits per heavy atom. The number of alkyl halides is 3. The van der Waals surface area contributed by atoms with Gasteiger partial charge in [-0.25, -0.2) is 0 Å². The molecule has 24 heavy (non-hydrogen) atoms. The van der Waals surface area contributed by atoms with E-state index in [4.69, 9.17) is 0 Å². The molecule has 0 saturated heterocycles. The van der Waals surface area contributed by atoms with E-state index < -0.39 is 11.7 Å². The van der Waals surface area contributed by atoms with Gasteiger partial charge in [-0.3, -0.25) is 9.69 Å². The minimum atomic E-state index is -4.38. The fourth-order valence-electron chi connectivity index (χ4n) is 2.05. The van der Waals surface area contributed by atoms with Crippen LogP contribution in [0.1, 0.15) is 37.8 Å². The quantitative estimate of drug-likeness (QED) is 0.773. The molecule has 0 aliphatic heterocycles. The molecule has 0 aromatic heterocycles. The maximum absolute atomic E-state index is 12.6. The number of carbonyl (C=O) groups is 1. The maximum atomic E-state index is 12.6. The number of nitrogens with one attached hydrogen (secondary N) is 1. The topological polar surface area (TPSA) is 32.3 Å². The number of halogens is 3. The van der Waals surface area contributed by atoms with Crippen LogP contribution in [-0.4, -0.2) is 37.0 Å². The van der Waals surface area contributed by atoms with Crippen molar-refractivity contribution in [3.63, 3.8) is 0 Å². The molecule has 0 aliphatic rings. The highest BCUT2D eigenvalue weighted by atomic mass is 19.4. The predicted octanol–water partition coefficient (Wildman–Crippen LogP) is 3.30. The van der Waals surface area contributed by atoms with E-state index in [1.807, 2.05) is 11.8 Å². The Morgan fingerprint density at radius 3 is 2.67 bits per heavy atom. The number of hydrogen-bond acceptors (Lipinski definition) is 2. The SMILES string of the molecule is CCCCN(CC)CC(=O)NCC#Cc1cccc(C(F)(F)F)c1. The van der Waals surface area contributed by atoms with Gasteiger partial charge in [0, 0.05) is 5.56 Å². The fraction of sp³-hybridized carbons (Fsp3) is 0.500. The lowest BCUT2D eigenvalue weighted by atomic mass is 10.1. The van der Waals surface area contributed by atoms with Crippen LogP contribution in [0.2, 0.25) is 0 Å². The van der Waals surface area contributed by atoms with Crippen LogP contribution in [0.4, 0.5) is 13.2 Å². The van der Waals surface area contributed by atoms with Crippen molar-refractivity contribution in [2.75, 3.05) is 26.2 Å². The van der Waals surface area contributed by atoms with Crippen molar-refractivity contribution in [1.82, 2.24) is 10.2 Å². The molecule has 1 amide bonds. The summed E-state index contributed by atoms with van der Waals surface area (Å²) in [6, 6.07) is 4.83. The molecular formula is C18H23F3N2O. The summed E-state index contributed by atoms with van der Waals surface area (Å²) in [5, 5.41) is 2.66. The normalized spacial score (nSPS) is 11.1. The van der Waals surface area contributed by atoms with Gasteiger partial charge in [0.2, 0.25) is 5.91 Å². The first kappa shape index (κ1) is 20.0. The zero-order valence-corrected chi connectivity index (χ0v) is 14.0. The zero-order valence-electron chi connectivity index (χ0n) is 14.0. The van der Waals surface area contributed by atoms with Gasteiger partial charge in [-0.15, -0.1) is 0 Å². The number of rotatable bonds is 7. The highest BCUT2D eigenvalue weighted by molar-refractivity contribution is 5.78. The molecule has 0 saturated carbocycles. The van der Waals surface area contributed by atoms with Gasteiger partial charge in [0.05, 0.1) is 18.7 Å². The lowest BCUT2D eigenvalue weighted by molar-refractivity contribution is -0.137. The number of benzene rings is 1. The largest absolute Gasteiger partial charge is 0.416 e. The molecule has 0 aliphatic carbocycles. The van der Waals surface area contributed by atoms with E-state index in [1.54, 1.807) is 0 Å². The number of nitrogens with zero attached hydrogens (tertiary/aromatic N) is 1. The van der Waals surface area contributed by atoms with Crippen molar-refractivity contribution in [3.05, 3.63) is 35.4 Å². The molecule has 1 N–H and O–H groups in total. The average molecular weight is 340 g/mol. The van der Waals surface area contributed by atoms with Crippen LogP contribution in [0.5, 0.6) is 0 Å². The van der Waals surface area contributed by atoms with Crippen molar-refractivity contribution >= 4 is 5.91 Å². The lowest BCUT2D eigenvalue weighted by Crippen LogP contribution is -2.37. The molecule has 1 aromatic carbocycles. The smallest absolute Gasteiger partial charge is 0.344 e. The summed E-state index contributed by atoms with van der Waals surface area (Å²) in [7, 11) is 0. The van der Waals surface area contributed by atoms with E-state index in [9.17, 15) is 18.0 Å². The second-order valence-electron chi connectivity index (χ2n) is 5.38. The van der Waals surface area contributed by atoms with E-state index in [1.165, 1.54) is 12.1 Å². The summed E-state index contributed by atoms with van der Waals surface area (Å²) in [4.78, 5) is 13.8. The summed E-state index contributed by atoms with van der Waals surface area (Å²) in [6.45, 7) is 6.18. The molecule has 0 radical (unpaired) electrons. The van der Waals surface area contributed by atoms with Crippen LogP contribution in [0.25, 0.3) is 0 Å². The summed E-state index contributed by atoms with van der Waals surface area (Å²) >= 11 is 0. The van der Waals surface area contributed by atoms with Crippen LogP contribution in [0, 0.1) is 11.8 Å².